The Morgan fingerprint density at radius 3 is 2.67 bits per heavy atom. The molecule has 5 N–H and O–H groups in total. The van der Waals surface area contributed by atoms with Gasteiger partial charge in [0.2, 0.25) is 5.91 Å². The Bertz CT molecular complexity index is 661. The lowest BCUT2D eigenvalue weighted by Crippen LogP contribution is -2.40. The SMILES string of the molecule is CC1=CC(=O)CC(C)(O)C1/C=C/C(C)=C\C(=O)NC(CCCCN)C(=O)O. The molecule has 0 heterocycles. The molecule has 1 rings (SSSR count). The fourth-order valence-electron chi connectivity index (χ4n) is 3.17. The number of allylic oxidation sites excluding steroid dienone is 3. The summed E-state index contributed by atoms with van der Waals surface area (Å²) in [5.41, 5.74) is 5.59. The first-order valence-corrected chi connectivity index (χ1v) is 9.10. The molecule has 0 bridgehead atoms. The van der Waals surface area contributed by atoms with Crippen LogP contribution in [0.25, 0.3) is 0 Å². The molecule has 27 heavy (non-hydrogen) atoms. The van der Waals surface area contributed by atoms with Crippen LogP contribution in [0.3, 0.4) is 0 Å². The molecule has 7 nitrogen and oxygen atoms in total. The van der Waals surface area contributed by atoms with E-state index in [4.69, 9.17) is 5.73 Å². The Balaban J connectivity index is 2.75. The highest BCUT2D eigenvalue weighted by molar-refractivity contribution is 5.93. The summed E-state index contributed by atoms with van der Waals surface area (Å²) in [7, 11) is 0. The van der Waals surface area contributed by atoms with Crippen molar-refractivity contribution in [3.63, 3.8) is 0 Å². The minimum Gasteiger partial charge on any atom is -0.480 e. The van der Waals surface area contributed by atoms with Crippen LogP contribution >= 0.6 is 0 Å². The molecular formula is C20H30N2O5. The highest BCUT2D eigenvalue weighted by Crippen LogP contribution is 2.33. The minimum atomic E-state index is -1.17. The van der Waals surface area contributed by atoms with E-state index in [-0.39, 0.29) is 18.1 Å². The van der Waals surface area contributed by atoms with E-state index in [2.05, 4.69) is 5.32 Å². The van der Waals surface area contributed by atoms with E-state index in [0.717, 1.165) is 5.57 Å². The summed E-state index contributed by atoms with van der Waals surface area (Å²) in [6.07, 6.45) is 7.99. The van der Waals surface area contributed by atoms with Gasteiger partial charge >= 0.3 is 5.97 Å². The number of hydrogen-bond donors (Lipinski definition) is 4. The van der Waals surface area contributed by atoms with Crippen LogP contribution < -0.4 is 11.1 Å². The number of amides is 1. The molecule has 3 atom stereocenters. The molecular weight excluding hydrogens is 348 g/mol. The molecule has 0 radical (unpaired) electrons. The minimum absolute atomic E-state index is 0.0473. The molecule has 0 fully saturated rings. The molecule has 0 saturated carbocycles. The van der Waals surface area contributed by atoms with Gasteiger partial charge in [0.25, 0.3) is 0 Å². The van der Waals surface area contributed by atoms with Crippen molar-refractivity contribution in [1.29, 1.82) is 0 Å². The maximum Gasteiger partial charge on any atom is 0.326 e. The van der Waals surface area contributed by atoms with E-state index in [1.165, 1.54) is 12.2 Å². The number of aliphatic hydroxyl groups is 1. The van der Waals surface area contributed by atoms with E-state index >= 15 is 0 Å². The van der Waals surface area contributed by atoms with Gasteiger partial charge in [-0.15, -0.1) is 0 Å². The van der Waals surface area contributed by atoms with Gasteiger partial charge in [-0.1, -0.05) is 17.7 Å². The van der Waals surface area contributed by atoms with Crippen molar-refractivity contribution in [2.75, 3.05) is 6.54 Å². The van der Waals surface area contributed by atoms with Crippen LogP contribution in [0.1, 0.15) is 46.5 Å². The molecule has 3 unspecified atom stereocenters. The summed E-state index contributed by atoms with van der Waals surface area (Å²) in [4.78, 5) is 34.9. The Morgan fingerprint density at radius 2 is 2.11 bits per heavy atom. The number of carboxylic acids is 1. The lowest BCUT2D eigenvalue weighted by Gasteiger charge is -2.34. The molecule has 0 aromatic heterocycles. The molecule has 0 aromatic rings. The molecule has 1 aliphatic carbocycles. The number of carbonyl (C=O) groups is 3. The third-order valence-electron chi connectivity index (χ3n) is 4.55. The molecule has 0 spiro atoms. The second-order valence-electron chi connectivity index (χ2n) is 7.30. The number of nitrogens with one attached hydrogen (secondary N) is 1. The molecule has 1 amide bonds. The monoisotopic (exact) mass is 378 g/mol. The summed E-state index contributed by atoms with van der Waals surface area (Å²) in [6, 6.07) is -0.952. The number of hydrogen-bond acceptors (Lipinski definition) is 5. The highest BCUT2D eigenvalue weighted by atomic mass is 16.4. The summed E-state index contributed by atoms with van der Waals surface area (Å²) < 4.78 is 0. The summed E-state index contributed by atoms with van der Waals surface area (Å²) in [5.74, 6) is -2.01. The Labute approximate surface area is 160 Å². The smallest absolute Gasteiger partial charge is 0.326 e. The van der Waals surface area contributed by atoms with Gasteiger partial charge < -0.3 is 21.3 Å². The van der Waals surface area contributed by atoms with Crippen LogP contribution in [0.4, 0.5) is 0 Å². The third-order valence-corrected chi connectivity index (χ3v) is 4.55. The largest absolute Gasteiger partial charge is 0.480 e. The molecule has 1 aliphatic rings. The molecule has 0 aromatic carbocycles. The second-order valence-corrected chi connectivity index (χ2v) is 7.30. The van der Waals surface area contributed by atoms with Crippen LogP contribution in [0.5, 0.6) is 0 Å². The first kappa shape index (κ1) is 22.8. The number of aliphatic carboxylic acids is 1. The van der Waals surface area contributed by atoms with E-state index < -0.39 is 23.5 Å². The van der Waals surface area contributed by atoms with Gasteiger partial charge in [0.15, 0.2) is 5.78 Å². The van der Waals surface area contributed by atoms with Gasteiger partial charge in [0, 0.05) is 18.4 Å². The summed E-state index contributed by atoms with van der Waals surface area (Å²) >= 11 is 0. The van der Waals surface area contributed by atoms with Gasteiger partial charge in [0.1, 0.15) is 6.04 Å². The highest BCUT2D eigenvalue weighted by Gasteiger charge is 2.36. The number of ketones is 1. The maximum atomic E-state index is 12.1. The number of unbranched alkanes of at least 4 members (excludes halogenated alkanes) is 1. The van der Waals surface area contributed by atoms with Crippen molar-refractivity contribution in [3.8, 4) is 0 Å². The lowest BCUT2D eigenvalue weighted by atomic mass is 9.75. The first-order valence-electron chi connectivity index (χ1n) is 9.10. The zero-order valence-corrected chi connectivity index (χ0v) is 16.2. The average molecular weight is 378 g/mol. The van der Waals surface area contributed by atoms with Crippen LogP contribution in [0.15, 0.2) is 35.5 Å². The van der Waals surface area contributed by atoms with Crippen molar-refractivity contribution in [1.82, 2.24) is 5.32 Å². The normalized spacial score (nSPS) is 24.6. The van der Waals surface area contributed by atoms with Crippen molar-refractivity contribution >= 4 is 17.7 Å². The predicted molar refractivity (Wildman–Crippen MR) is 103 cm³/mol. The zero-order valence-electron chi connectivity index (χ0n) is 16.2. The van der Waals surface area contributed by atoms with Crippen molar-refractivity contribution in [3.05, 3.63) is 35.5 Å². The van der Waals surface area contributed by atoms with Crippen LogP contribution in [0.2, 0.25) is 0 Å². The number of carboxylic acid groups (broad SMARTS) is 1. The number of carbonyl (C=O) groups excluding carboxylic acids is 2. The molecule has 0 aliphatic heterocycles. The Morgan fingerprint density at radius 1 is 1.44 bits per heavy atom. The van der Waals surface area contributed by atoms with E-state index in [1.807, 2.05) is 0 Å². The van der Waals surface area contributed by atoms with Gasteiger partial charge in [-0.25, -0.2) is 4.79 Å². The standard InChI is InChI=1S/C20H30N2O5/c1-13(7-8-16-14(2)11-15(23)12-20(16,3)27)10-18(24)22-17(19(25)26)6-4-5-9-21/h7-8,10-11,16-17,27H,4-6,9,12,21H2,1-3H3,(H,22,24)(H,25,26)/b8-7+,13-10-. The number of nitrogens with two attached hydrogens (primary N) is 1. The topological polar surface area (TPSA) is 130 Å². The van der Waals surface area contributed by atoms with E-state index in [9.17, 15) is 24.6 Å². The quantitative estimate of drug-likeness (QED) is 0.273. The van der Waals surface area contributed by atoms with Crippen LogP contribution in [0, 0.1) is 5.92 Å². The molecule has 150 valence electrons. The second kappa shape index (κ2) is 10.2. The molecule has 7 heteroatoms. The average Bonchev–Trinajstić information content (AvgIpc) is 2.51. The van der Waals surface area contributed by atoms with Crippen molar-refractivity contribution < 1.29 is 24.6 Å². The summed E-state index contributed by atoms with van der Waals surface area (Å²) in [5, 5.41) is 22.1. The first-order chi connectivity index (χ1) is 12.6. The fourth-order valence-corrected chi connectivity index (χ4v) is 3.17. The van der Waals surface area contributed by atoms with Crippen LogP contribution in [-0.2, 0) is 14.4 Å². The van der Waals surface area contributed by atoms with E-state index in [1.54, 1.807) is 32.9 Å². The van der Waals surface area contributed by atoms with Crippen LogP contribution in [-0.4, -0.2) is 46.1 Å². The van der Waals surface area contributed by atoms with Gasteiger partial charge in [-0.05, 0) is 58.2 Å². The molecule has 0 saturated heterocycles. The van der Waals surface area contributed by atoms with Gasteiger partial charge in [0.05, 0.1) is 5.60 Å². The zero-order chi connectivity index (χ0) is 20.6. The third kappa shape index (κ3) is 7.48. The lowest BCUT2D eigenvalue weighted by molar-refractivity contribution is -0.141. The van der Waals surface area contributed by atoms with E-state index in [0.29, 0.717) is 31.4 Å². The van der Waals surface area contributed by atoms with Gasteiger partial charge in [-0.3, -0.25) is 9.59 Å². The van der Waals surface area contributed by atoms with Gasteiger partial charge in [-0.2, -0.15) is 0 Å². The maximum absolute atomic E-state index is 12.1. The summed E-state index contributed by atoms with van der Waals surface area (Å²) in [6.45, 7) is 5.59. The predicted octanol–water partition coefficient (Wildman–Crippen LogP) is 1.47. The Kier molecular flexibility index (Phi) is 8.59. The van der Waals surface area contributed by atoms with Crippen molar-refractivity contribution in [2.24, 2.45) is 11.7 Å². The number of rotatable bonds is 9. The van der Waals surface area contributed by atoms with Crippen molar-refractivity contribution in [2.45, 2.75) is 58.1 Å². The fraction of sp³-hybridized carbons (Fsp3) is 0.550. The Hall–Kier alpha value is -2.25.